The number of carbonyl (C=O) groups is 5. The van der Waals surface area contributed by atoms with Gasteiger partial charge in [-0.3, -0.25) is 43.6 Å². The van der Waals surface area contributed by atoms with E-state index in [-0.39, 0.29) is 84.8 Å². The molecule has 45 heavy (non-hydrogen) atoms. The number of thioether (sulfide) groups is 2. The van der Waals surface area contributed by atoms with Crippen molar-refractivity contribution in [1.29, 1.82) is 0 Å². The summed E-state index contributed by atoms with van der Waals surface area (Å²) < 4.78 is 0. The molecule has 0 aromatic heterocycles. The van der Waals surface area contributed by atoms with E-state index in [4.69, 9.17) is 0 Å². The number of nitrogens with zero attached hydrogens (tertiary/aromatic N) is 4. The first-order chi connectivity index (χ1) is 21.4. The molecule has 1 aromatic rings. The monoisotopic (exact) mass is 671 g/mol. The Hall–Kier alpha value is -2.89. The second-order valence-corrected chi connectivity index (χ2v) is 12.6. The number of nitrogens with one attached hydrogen (secondary N) is 1. The number of hydrogen-bond acceptors (Lipinski definition) is 11. The summed E-state index contributed by atoms with van der Waals surface area (Å²) in [5.41, 5.74) is 2.69. The van der Waals surface area contributed by atoms with Gasteiger partial charge in [0.15, 0.2) is 0 Å². The molecule has 0 saturated carbocycles. The number of carboxylic acids is 4. The molecule has 5 N–H and O–H groups in total. The van der Waals surface area contributed by atoms with Crippen LogP contribution in [0.1, 0.15) is 24.0 Å². The lowest BCUT2D eigenvalue weighted by Gasteiger charge is -2.36. The van der Waals surface area contributed by atoms with Crippen LogP contribution in [-0.2, 0) is 35.5 Å². The standard InChI is InChI=1S/C29H45N5O9S2/c1-44-19-21-13-22(20-45-2)15-23(14-21)30-29(43)24(3-4-25(35)36)34-11-9-32(17-27(39)40)7-5-31(16-26(37)38)6-8-33(10-12-34)18-28(41)42/h13-15,24H,3-12,16-20H2,1-2H3,(H,30,43)(H,35,36)(H,37,38)(H,39,40)(H,41,42). The zero-order valence-electron chi connectivity index (χ0n) is 25.9. The third kappa shape index (κ3) is 15.3. The zero-order valence-corrected chi connectivity index (χ0v) is 27.5. The lowest BCUT2D eigenvalue weighted by atomic mass is 10.1. The minimum Gasteiger partial charge on any atom is -0.481 e. The molecule has 0 radical (unpaired) electrons. The highest BCUT2D eigenvalue weighted by Crippen LogP contribution is 2.22. The first kappa shape index (κ1) is 38.3. The van der Waals surface area contributed by atoms with E-state index in [0.29, 0.717) is 5.69 Å². The largest absolute Gasteiger partial charge is 0.481 e. The molecule has 1 saturated heterocycles. The van der Waals surface area contributed by atoms with Crippen LogP contribution in [0.3, 0.4) is 0 Å². The van der Waals surface area contributed by atoms with Gasteiger partial charge in [0.25, 0.3) is 0 Å². The van der Waals surface area contributed by atoms with Crippen LogP contribution in [0.25, 0.3) is 0 Å². The highest BCUT2D eigenvalue weighted by atomic mass is 32.2. The van der Waals surface area contributed by atoms with Gasteiger partial charge in [-0.15, -0.1) is 0 Å². The maximum atomic E-state index is 13.9. The highest BCUT2D eigenvalue weighted by molar-refractivity contribution is 7.98. The van der Waals surface area contributed by atoms with Crippen molar-refractivity contribution in [3.63, 3.8) is 0 Å². The van der Waals surface area contributed by atoms with Gasteiger partial charge < -0.3 is 25.7 Å². The van der Waals surface area contributed by atoms with Crippen LogP contribution in [0, 0.1) is 0 Å². The van der Waals surface area contributed by atoms with E-state index < -0.39 is 35.8 Å². The normalized spacial score (nSPS) is 17.1. The summed E-state index contributed by atoms with van der Waals surface area (Å²) in [5, 5.41) is 40.9. The maximum Gasteiger partial charge on any atom is 0.317 e. The Morgan fingerprint density at radius 3 is 1.42 bits per heavy atom. The Balaban J connectivity index is 2.41. The molecule has 1 unspecified atom stereocenters. The number of hydrogen-bond donors (Lipinski definition) is 5. The Bertz CT molecular complexity index is 1100. The Labute approximate surface area is 272 Å². The fourth-order valence-electron chi connectivity index (χ4n) is 5.21. The van der Waals surface area contributed by atoms with Crippen LogP contribution in [0.2, 0.25) is 0 Å². The van der Waals surface area contributed by atoms with E-state index in [2.05, 4.69) is 11.4 Å². The molecule has 16 heteroatoms. The van der Waals surface area contributed by atoms with Crippen LogP contribution < -0.4 is 5.32 Å². The maximum absolute atomic E-state index is 13.9. The minimum absolute atomic E-state index is 0.00636. The van der Waals surface area contributed by atoms with Gasteiger partial charge in [-0.2, -0.15) is 23.5 Å². The van der Waals surface area contributed by atoms with E-state index >= 15 is 0 Å². The molecule has 2 rings (SSSR count). The third-order valence-electron chi connectivity index (χ3n) is 7.27. The van der Waals surface area contributed by atoms with Crippen molar-refractivity contribution >= 4 is 59.0 Å². The summed E-state index contributed by atoms with van der Waals surface area (Å²) in [6, 6.07) is 5.00. The molecule has 1 aliphatic rings. The quantitative estimate of drug-likeness (QED) is 0.168. The predicted molar refractivity (Wildman–Crippen MR) is 174 cm³/mol. The molecule has 1 amide bonds. The molecule has 1 aliphatic heterocycles. The highest BCUT2D eigenvalue weighted by Gasteiger charge is 2.29. The van der Waals surface area contributed by atoms with E-state index in [1.165, 1.54) is 0 Å². The van der Waals surface area contributed by atoms with E-state index in [1.807, 2.05) is 24.6 Å². The summed E-state index contributed by atoms with van der Waals surface area (Å²) in [4.78, 5) is 67.0. The second-order valence-electron chi connectivity index (χ2n) is 10.9. The van der Waals surface area contributed by atoms with Crippen molar-refractivity contribution in [2.45, 2.75) is 30.4 Å². The number of carboxylic acid groups (broad SMARTS) is 4. The van der Waals surface area contributed by atoms with Crippen LogP contribution >= 0.6 is 23.5 Å². The predicted octanol–water partition coefficient (Wildman–Crippen LogP) is 1.06. The molecular weight excluding hydrogens is 626 g/mol. The minimum atomic E-state index is -1.06. The number of amides is 1. The zero-order chi connectivity index (χ0) is 33.4. The van der Waals surface area contributed by atoms with E-state index in [1.54, 1.807) is 43.1 Å². The van der Waals surface area contributed by atoms with Crippen molar-refractivity contribution in [1.82, 2.24) is 19.6 Å². The van der Waals surface area contributed by atoms with Gasteiger partial charge in [0, 0.05) is 76.0 Å². The lowest BCUT2D eigenvalue weighted by Crippen LogP contribution is -2.52. The molecule has 1 atom stereocenters. The van der Waals surface area contributed by atoms with E-state index in [9.17, 15) is 44.4 Å². The summed E-state index contributed by atoms with van der Waals surface area (Å²) >= 11 is 3.31. The van der Waals surface area contributed by atoms with Crippen LogP contribution in [0.5, 0.6) is 0 Å². The average Bonchev–Trinajstić information content (AvgIpc) is 2.93. The smallest absolute Gasteiger partial charge is 0.317 e. The number of carbonyl (C=O) groups excluding carboxylic acids is 1. The first-order valence-electron chi connectivity index (χ1n) is 14.6. The number of aliphatic carboxylic acids is 4. The van der Waals surface area contributed by atoms with Crippen molar-refractivity contribution in [3.05, 3.63) is 29.3 Å². The van der Waals surface area contributed by atoms with E-state index in [0.717, 1.165) is 22.6 Å². The molecule has 252 valence electrons. The SMILES string of the molecule is CSCc1cc(CSC)cc(NC(=O)C(CCC(=O)O)N2CCN(CC(=O)O)CCN(CC(=O)O)CCN(CC(=O)O)CC2)c1. The van der Waals surface area contributed by atoms with Gasteiger partial charge in [0.2, 0.25) is 5.91 Å². The summed E-state index contributed by atoms with van der Waals surface area (Å²) in [6.07, 6.45) is 3.70. The Morgan fingerprint density at radius 2 is 1.07 bits per heavy atom. The molecule has 0 spiro atoms. The molecule has 0 aliphatic carbocycles. The van der Waals surface area contributed by atoms with Crippen LogP contribution in [-0.4, -0.2) is 160 Å². The van der Waals surface area contributed by atoms with Crippen molar-refractivity contribution in [2.24, 2.45) is 0 Å². The van der Waals surface area contributed by atoms with Gasteiger partial charge in [-0.05, 0) is 42.2 Å². The molecule has 0 bridgehead atoms. The topological polar surface area (TPSA) is 191 Å². The molecular formula is C29H45N5O9S2. The summed E-state index contributed by atoms with van der Waals surface area (Å²) in [6.45, 7) is 0.916. The number of rotatable bonds is 16. The van der Waals surface area contributed by atoms with Gasteiger partial charge in [-0.1, -0.05) is 6.07 Å². The fraction of sp³-hybridized carbons (Fsp3) is 0.621. The molecule has 1 heterocycles. The van der Waals surface area contributed by atoms with Gasteiger partial charge in [0.05, 0.1) is 25.7 Å². The number of benzene rings is 1. The van der Waals surface area contributed by atoms with Crippen molar-refractivity contribution in [3.8, 4) is 0 Å². The van der Waals surface area contributed by atoms with Crippen molar-refractivity contribution in [2.75, 3.05) is 89.8 Å². The average molecular weight is 672 g/mol. The van der Waals surface area contributed by atoms with Crippen LogP contribution in [0.4, 0.5) is 5.69 Å². The van der Waals surface area contributed by atoms with Crippen molar-refractivity contribution < 1.29 is 44.4 Å². The molecule has 1 fully saturated rings. The second kappa shape index (κ2) is 20.3. The first-order valence-corrected chi connectivity index (χ1v) is 17.4. The summed E-state index contributed by atoms with van der Waals surface area (Å²) in [5.74, 6) is -3.12. The summed E-state index contributed by atoms with van der Waals surface area (Å²) in [7, 11) is 0. The Kier molecular flexibility index (Phi) is 17.3. The molecule has 14 nitrogen and oxygen atoms in total. The number of anilines is 1. The molecule has 1 aromatic carbocycles. The Morgan fingerprint density at radius 1 is 0.667 bits per heavy atom. The third-order valence-corrected chi connectivity index (χ3v) is 8.51. The van der Waals surface area contributed by atoms with Gasteiger partial charge in [-0.25, -0.2) is 0 Å². The van der Waals surface area contributed by atoms with Gasteiger partial charge >= 0.3 is 23.9 Å². The van der Waals surface area contributed by atoms with Gasteiger partial charge in [0.1, 0.15) is 0 Å². The fourth-order valence-corrected chi connectivity index (χ4v) is 6.21. The lowest BCUT2D eigenvalue weighted by molar-refractivity contribution is -0.141. The van der Waals surface area contributed by atoms with Crippen LogP contribution in [0.15, 0.2) is 18.2 Å².